The van der Waals surface area contributed by atoms with E-state index < -0.39 is 0 Å². The zero-order chi connectivity index (χ0) is 16.9. The fourth-order valence-electron chi connectivity index (χ4n) is 3.14. The van der Waals surface area contributed by atoms with Crippen LogP contribution in [0, 0.1) is 0 Å². The Morgan fingerprint density at radius 1 is 1.33 bits per heavy atom. The van der Waals surface area contributed by atoms with Crippen LogP contribution in [0.25, 0.3) is 0 Å². The summed E-state index contributed by atoms with van der Waals surface area (Å²) >= 11 is 0. The van der Waals surface area contributed by atoms with Gasteiger partial charge in [-0.2, -0.15) is 0 Å². The molecule has 1 fully saturated rings. The Kier molecular flexibility index (Phi) is 8.52. The highest BCUT2D eigenvalue weighted by molar-refractivity contribution is 14.0. The van der Waals surface area contributed by atoms with Crippen molar-refractivity contribution in [3.05, 3.63) is 24.0 Å². The number of hydrogen-bond acceptors (Lipinski definition) is 3. The van der Waals surface area contributed by atoms with E-state index in [0.717, 1.165) is 45.1 Å². The van der Waals surface area contributed by atoms with E-state index in [1.807, 2.05) is 7.05 Å². The lowest BCUT2D eigenvalue weighted by Crippen LogP contribution is -2.57. The van der Waals surface area contributed by atoms with Crippen molar-refractivity contribution in [2.24, 2.45) is 12.0 Å². The van der Waals surface area contributed by atoms with Crippen LogP contribution in [0.4, 0.5) is 0 Å². The molecule has 0 saturated carbocycles. The topological polar surface area (TPSA) is 45.0 Å². The van der Waals surface area contributed by atoms with E-state index in [9.17, 15) is 0 Å². The van der Waals surface area contributed by atoms with Crippen molar-refractivity contribution in [2.45, 2.75) is 24.9 Å². The van der Waals surface area contributed by atoms with Gasteiger partial charge in [0, 0.05) is 58.3 Å². The number of rotatable bonds is 5. The summed E-state index contributed by atoms with van der Waals surface area (Å²) in [5, 5.41) is 3.56. The zero-order valence-electron chi connectivity index (χ0n) is 15.6. The fourth-order valence-corrected chi connectivity index (χ4v) is 3.14. The molecular formula is C17H32IN5O. The summed E-state index contributed by atoms with van der Waals surface area (Å²) in [5.74, 6) is 0.930. The molecule has 7 heteroatoms. The van der Waals surface area contributed by atoms with Crippen LogP contribution in [-0.4, -0.2) is 73.8 Å². The second-order valence-corrected chi connectivity index (χ2v) is 6.60. The average molecular weight is 449 g/mol. The molecule has 1 saturated heterocycles. The standard InChI is InChI=1S/C17H31N5O.HI/c1-18-16(22(5)13-15-7-6-10-21(15)4)19-14-17(20(2)3)8-11-23-12-9-17;/h6-7,10H,8-9,11-14H2,1-5H3,(H,18,19);1H. The quantitative estimate of drug-likeness (QED) is 0.423. The van der Waals surface area contributed by atoms with Gasteiger partial charge in [-0.05, 0) is 39.1 Å². The molecule has 1 aromatic rings. The van der Waals surface area contributed by atoms with Crippen molar-refractivity contribution < 1.29 is 4.74 Å². The van der Waals surface area contributed by atoms with E-state index in [1.165, 1.54) is 5.69 Å². The van der Waals surface area contributed by atoms with Crippen LogP contribution in [0.1, 0.15) is 18.5 Å². The number of aromatic nitrogens is 1. The molecule has 2 rings (SSSR count). The normalized spacial score (nSPS) is 17.5. The molecular weight excluding hydrogens is 417 g/mol. The van der Waals surface area contributed by atoms with Crippen LogP contribution < -0.4 is 5.32 Å². The molecule has 1 aliphatic rings. The van der Waals surface area contributed by atoms with Crippen LogP contribution in [-0.2, 0) is 18.3 Å². The second-order valence-electron chi connectivity index (χ2n) is 6.60. The summed E-state index contributed by atoms with van der Waals surface area (Å²) in [6.07, 6.45) is 4.17. The number of nitrogens with one attached hydrogen (secondary N) is 1. The van der Waals surface area contributed by atoms with Crippen molar-refractivity contribution in [2.75, 3.05) is 47.9 Å². The van der Waals surface area contributed by atoms with Crippen LogP contribution >= 0.6 is 24.0 Å². The van der Waals surface area contributed by atoms with Crippen molar-refractivity contribution in [1.82, 2.24) is 19.7 Å². The maximum absolute atomic E-state index is 5.54. The Labute approximate surface area is 163 Å². The summed E-state index contributed by atoms with van der Waals surface area (Å²) in [7, 11) is 10.3. The molecule has 0 amide bonds. The van der Waals surface area contributed by atoms with Crippen molar-refractivity contribution in [1.29, 1.82) is 0 Å². The van der Waals surface area contributed by atoms with E-state index in [-0.39, 0.29) is 29.5 Å². The van der Waals surface area contributed by atoms with Gasteiger partial charge in [0.25, 0.3) is 0 Å². The molecule has 1 aliphatic heterocycles. The smallest absolute Gasteiger partial charge is 0.193 e. The molecule has 138 valence electrons. The molecule has 6 nitrogen and oxygen atoms in total. The van der Waals surface area contributed by atoms with Crippen molar-refractivity contribution >= 4 is 29.9 Å². The third kappa shape index (κ3) is 5.10. The van der Waals surface area contributed by atoms with E-state index >= 15 is 0 Å². The predicted octanol–water partition coefficient (Wildman–Crippen LogP) is 1.76. The highest BCUT2D eigenvalue weighted by Gasteiger charge is 2.35. The molecule has 0 unspecified atom stereocenters. The zero-order valence-corrected chi connectivity index (χ0v) is 17.9. The highest BCUT2D eigenvalue weighted by atomic mass is 127. The second kappa shape index (κ2) is 9.62. The lowest BCUT2D eigenvalue weighted by molar-refractivity contribution is -0.00522. The summed E-state index contributed by atoms with van der Waals surface area (Å²) < 4.78 is 7.68. The fraction of sp³-hybridized carbons (Fsp3) is 0.706. The van der Waals surface area contributed by atoms with Gasteiger partial charge in [-0.3, -0.25) is 4.99 Å². The molecule has 1 N–H and O–H groups in total. The summed E-state index contributed by atoms with van der Waals surface area (Å²) in [4.78, 5) is 8.94. The number of aliphatic imine (C=N–C) groups is 1. The first-order valence-electron chi connectivity index (χ1n) is 8.26. The number of nitrogens with zero attached hydrogens (tertiary/aromatic N) is 4. The third-order valence-electron chi connectivity index (χ3n) is 4.97. The Bertz CT molecular complexity index is 523. The van der Waals surface area contributed by atoms with Gasteiger partial charge in [0.1, 0.15) is 0 Å². The van der Waals surface area contributed by atoms with E-state index in [4.69, 9.17) is 4.74 Å². The summed E-state index contributed by atoms with van der Waals surface area (Å²) in [5.41, 5.74) is 1.41. The number of hydrogen-bond donors (Lipinski definition) is 1. The van der Waals surface area contributed by atoms with Gasteiger partial charge in [0.2, 0.25) is 0 Å². The molecule has 0 bridgehead atoms. The Hall–Kier alpha value is -0.800. The lowest BCUT2D eigenvalue weighted by atomic mass is 9.88. The highest BCUT2D eigenvalue weighted by Crippen LogP contribution is 2.25. The SMILES string of the molecule is CN=C(NCC1(N(C)C)CCOCC1)N(C)Cc1cccn1C.I. The monoisotopic (exact) mass is 449 g/mol. The van der Waals surface area contributed by atoms with E-state index in [2.05, 4.69) is 71.2 Å². The first kappa shape index (κ1) is 21.2. The maximum Gasteiger partial charge on any atom is 0.193 e. The molecule has 2 heterocycles. The molecule has 24 heavy (non-hydrogen) atoms. The third-order valence-corrected chi connectivity index (χ3v) is 4.97. The van der Waals surface area contributed by atoms with Gasteiger partial charge in [0.15, 0.2) is 5.96 Å². The van der Waals surface area contributed by atoms with Crippen molar-refractivity contribution in [3.8, 4) is 0 Å². The Balaban J connectivity index is 0.00000288. The Morgan fingerprint density at radius 3 is 2.50 bits per heavy atom. The Morgan fingerprint density at radius 2 is 2.00 bits per heavy atom. The average Bonchev–Trinajstić information content (AvgIpc) is 2.93. The van der Waals surface area contributed by atoms with Crippen LogP contribution in [0.2, 0.25) is 0 Å². The van der Waals surface area contributed by atoms with Crippen LogP contribution in [0.15, 0.2) is 23.3 Å². The number of guanidine groups is 1. The number of likely N-dealkylation sites (N-methyl/N-ethyl adjacent to an activating group) is 1. The minimum absolute atomic E-state index is 0. The number of ether oxygens (including phenoxy) is 1. The molecule has 0 atom stereocenters. The van der Waals surface area contributed by atoms with Gasteiger partial charge in [0.05, 0.1) is 6.54 Å². The summed E-state index contributed by atoms with van der Waals surface area (Å²) in [6, 6.07) is 4.21. The molecule has 0 spiro atoms. The van der Waals surface area contributed by atoms with Gasteiger partial charge in [-0.1, -0.05) is 0 Å². The molecule has 0 radical (unpaired) electrons. The van der Waals surface area contributed by atoms with Gasteiger partial charge >= 0.3 is 0 Å². The number of aryl methyl sites for hydroxylation is 1. The molecule has 0 aromatic carbocycles. The minimum Gasteiger partial charge on any atom is -0.381 e. The lowest BCUT2D eigenvalue weighted by Gasteiger charge is -2.43. The summed E-state index contributed by atoms with van der Waals surface area (Å²) in [6.45, 7) is 3.38. The van der Waals surface area contributed by atoms with Crippen LogP contribution in [0.3, 0.4) is 0 Å². The number of halogens is 1. The van der Waals surface area contributed by atoms with E-state index in [0.29, 0.717) is 0 Å². The molecule has 1 aromatic heterocycles. The van der Waals surface area contributed by atoms with Gasteiger partial charge < -0.3 is 24.4 Å². The van der Waals surface area contributed by atoms with E-state index in [1.54, 1.807) is 0 Å². The maximum atomic E-state index is 5.54. The first-order chi connectivity index (χ1) is 11.0. The van der Waals surface area contributed by atoms with Crippen LogP contribution in [0.5, 0.6) is 0 Å². The first-order valence-corrected chi connectivity index (χ1v) is 8.26. The largest absolute Gasteiger partial charge is 0.381 e. The van der Waals surface area contributed by atoms with Gasteiger partial charge in [-0.25, -0.2) is 0 Å². The van der Waals surface area contributed by atoms with Crippen molar-refractivity contribution in [3.63, 3.8) is 0 Å². The predicted molar refractivity (Wildman–Crippen MR) is 110 cm³/mol. The van der Waals surface area contributed by atoms with Gasteiger partial charge in [-0.15, -0.1) is 24.0 Å². The minimum atomic E-state index is 0. The molecule has 0 aliphatic carbocycles.